The second-order valence-corrected chi connectivity index (χ2v) is 4.01. The highest BCUT2D eigenvalue weighted by Gasteiger charge is 2.17. The lowest BCUT2D eigenvalue weighted by atomic mass is 10.3. The van der Waals surface area contributed by atoms with E-state index in [-0.39, 0.29) is 5.91 Å². The number of rotatable bonds is 6. The highest BCUT2D eigenvalue weighted by molar-refractivity contribution is 7.80. The van der Waals surface area contributed by atoms with E-state index in [0.717, 1.165) is 6.42 Å². The zero-order chi connectivity index (χ0) is 12.0. The number of nitrogens with zero attached hydrogens (tertiary/aromatic N) is 1. The van der Waals surface area contributed by atoms with Gasteiger partial charge < -0.3 is 15.1 Å². The molecule has 0 atom stereocenters. The van der Waals surface area contributed by atoms with Crippen LogP contribution in [0.2, 0.25) is 0 Å². The van der Waals surface area contributed by atoms with Gasteiger partial charge in [-0.2, -0.15) is 0 Å². The number of nitrogens with two attached hydrogens (primary N) is 1. The van der Waals surface area contributed by atoms with E-state index in [0.29, 0.717) is 30.3 Å². The first-order chi connectivity index (χ1) is 7.65. The van der Waals surface area contributed by atoms with Gasteiger partial charge in [0.15, 0.2) is 5.76 Å². The van der Waals surface area contributed by atoms with Crippen molar-refractivity contribution in [3.05, 3.63) is 24.2 Å². The third kappa shape index (κ3) is 3.66. The molecule has 1 heterocycles. The first-order valence-corrected chi connectivity index (χ1v) is 5.67. The van der Waals surface area contributed by atoms with Gasteiger partial charge in [0.25, 0.3) is 5.91 Å². The first kappa shape index (κ1) is 12.7. The molecule has 1 rings (SSSR count). The predicted octanol–water partition coefficient (Wildman–Crippen LogP) is 1.81. The lowest BCUT2D eigenvalue weighted by molar-refractivity contribution is 0.0728. The van der Waals surface area contributed by atoms with E-state index >= 15 is 0 Å². The Kier molecular flexibility index (Phi) is 4.98. The molecule has 0 radical (unpaired) electrons. The molecular weight excluding hydrogens is 224 g/mol. The van der Waals surface area contributed by atoms with E-state index in [9.17, 15) is 4.79 Å². The standard InChI is InChI=1S/C11H16N2O2S/c1-2-6-13(7-5-10(12)16)11(14)9-4-3-8-15-9/h3-4,8H,2,5-7H2,1H3,(H2,12,16). The molecule has 1 aromatic rings. The Labute approximate surface area is 100 Å². The number of thiocarbonyl (C=S) groups is 1. The lowest BCUT2D eigenvalue weighted by Gasteiger charge is -2.20. The number of carbonyl (C=O) groups excluding carboxylic acids is 1. The monoisotopic (exact) mass is 240 g/mol. The number of carbonyl (C=O) groups is 1. The van der Waals surface area contributed by atoms with Crippen LogP contribution in [0.1, 0.15) is 30.3 Å². The molecule has 0 fully saturated rings. The van der Waals surface area contributed by atoms with Gasteiger partial charge in [-0.1, -0.05) is 19.1 Å². The van der Waals surface area contributed by atoms with Crippen molar-refractivity contribution in [3.8, 4) is 0 Å². The molecule has 0 saturated heterocycles. The van der Waals surface area contributed by atoms with Crippen LogP contribution >= 0.6 is 12.2 Å². The minimum Gasteiger partial charge on any atom is -0.459 e. The van der Waals surface area contributed by atoms with Crippen LogP contribution in [-0.4, -0.2) is 28.9 Å². The maximum absolute atomic E-state index is 12.0. The third-order valence-corrected chi connectivity index (χ3v) is 2.34. The fourth-order valence-corrected chi connectivity index (χ4v) is 1.48. The van der Waals surface area contributed by atoms with Gasteiger partial charge in [0.1, 0.15) is 0 Å². The number of hydrogen-bond donors (Lipinski definition) is 1. The van der Waals surface area contributed by atoms with Gasteiger partial charge in [0.2, 0.25) is 0 Å². The van der Waals surface area contributed by atoms with Gasteiger partial charge in [0, 0.05) is 19.5 Å². The highest BCUT2D eigenvalue weighted by Crippen LogP contribution is 2.07. The second-order valence-electron chi connectivity index (χ2n) is 3.49. The molecule has 0 aliphatic heterocycles. The smallest absolute Gasteiger partial charge is 0.289 e. The van der Waals surface area contributed by atoms with E-state index in [1.54, 1.807) is 17.0 Å². The molecule has 0 aliphatic rings. The van der Waals surface area contributed by atoms with Crippen LogP contribution in [0.5, 0.6) is 0 Å². The Bertz CT molecular complexity index is 349. The van der Waals surface area contributed by atoms with E-state index < -0.39 is 0 Å². The molecule has 4 nitrogen and oxygen atoms in total. The van der Waals surface area contributed by atoms with Crippen molar-refractivity contribution in [2.75, 3.05) is 13.1 Å². The molecule has 1 amide bonds. The van der Waals surface area contributed by atoms with E-state index in [2.05, 4.69) is 0 Å². The summed E-state index contributed by atoms with van der Waals surface area (Å²) in [4.78, 5) is 14.1. The summed E-state index contributed by atoms with van der Waals surface area (Å²) in [6.07, 6.45) is 2.93. The van der Waals surface area contributed by atoms with Crippen molar-refractivity contribution < 1.29 is 9.21 Å². The van der Waals surface area contributed by atoms with Crippen LogP contribution in [0.25, 0.3) is 0 Å². The summed E-state index contributed by atoms with van der Waals surface area (Å²) in [6.45, 7) is 3.24. The minimum absolute atomic E-state index is 0.108. The van der Waals surface area contributed by atoms with Crippen molar-refractivity contribution in [2.45, 2.75) is 19.8 Å². The Morgan fingerprint density at radius 2 is 2.31 bits per heavy atom. The average Bonchev–Trinajstić information content (AvgIpc) is 2.76. The normalized spacial score (nSPS) is 10.1. The van der Waals surface area contributed by atoms with Gasteiger partial charge in [-0.3, -0.25) is 4.79 Å². The lowest BCUT2D eigenvalue weighted by Crippen LogP contribution is -2.34. The maximum atomic E-state index is 12.0. The van der Waals surface area contributed by atoms with Crippen LogP contribution < -0.4 is 5.73 Å². The zero-order valence-electron chi connectivity index (χ0n) is 9.31. The quantitative estimate of drug-likeness (QED) is 0.770. The van der Waals surface area contributed by atoms with Gasteiger partial charge in [-0.25, -0.2) is 0 Å². The minimum atomic E-state index is -0.108. The number of hydrogen-bond acceptors (Lipinski definition) is 3. The van der Waals surface area contributed by atoms with Crippen LogP contribution in [0, 0.1) is 0 Å². The van der Waals surface area contributed by atoms with Crippen molar-refractivity contribution >= 4 is 23.1 Å². The van der Waals surface area contributed by atoms with Gasteiger partial charge in [-0.05, 0) is 18.6 Å². The molecule has 0 aliphatic carbocycles. The molecule has 0 bridgehead atoms. The van der Waals surface area contributed by atoms with Crippen LogP contribution in [0.15, 0.2) is 22.8 Å². The van der Waals surface area contributed by atoms with Crippen molar-refractivity contribution in [1.29, 1.82) is 0 Å². The molecule has 5 heteroatoms. The van der Waals surface area contributed by atoms with Gasteiger partial charge >= 0.3 is 0 Å². The van der Waals surface area contributed by atoms with Crippen LogP contribution in [-0.2, 0) is 0 Å². The van der Waals surface area contributed by atoms with Crippen LogP contribution in [0.4, 0.5) is 0 Å². The molecule has 16 heavy (non-hydrogen) atoms. The summed E-state index contributed by atoms with van der Waals surface area (Å²) >= 11 is 4.80. The van der Waals surface area contributed by atoms with E-state index in [4.69, 9.17) is 22.4 Å². The average molecular weight is 240 g/mol. The molecule has 0 spiro atoms. The fourth-order valence-electron chi connectivity index (χ4n) is 1.39. The summed E-state index contributed by atoms with van der Waals surface area (Å²) in [6, 6.07) is 3.36. The molecule has 2 N–H and O–H groups in total. The second kappa shape index (κ2) is 6.27. The largest absolute Gasteiger partial charge is 0.459 e. The molecular formula is C11H16N2O2S. The van der Waals surface area contributed by atoms with E-state index in [1.807, 2.05) is 6.92 Å². The first-order valence-electron chi connectivity index (χ1n) is 5.26. The topological polar surface area (TPSA) is 59.5 Å². The molecule has 88 valence electrons. The molecule has 0 saturated carbocycles. The van der Waals surface area contributed by atoms with Crippen molar-refractivity contribution in [3.63, 3.8) is 0 Å². The van der Waals surface area contributed by atoms with Gasteiger partial charge in [-0.15, -0.1) is 0 Å². The summed E-state index contributed by atoms with van der Waals surface area (Å²) in [5, 5.41) is 0. The summed E-state index contributed by atoms with van der Waals surface area (Å²) in [5.74, 6) is 0.250. The Morgan fingerprint density at radius 1 is 1.56 bits per heavy atom. The predicted molar refractivity (Wildman–Crippen MR) is 66.3 cm³/mol. The highest BCUT2D eigenvalue weighted by atomic mass is 32.1. The molecule has 0 aromatic carbocycles. The zero-order valence-corrected chi connectivity index (χ0v) is 10.1. The third-order valence-electron chi connectivity index (χ3n) is 2.14. The Morgan fingerprint density at radius 3 is 2.81 bits per heavy atom. The van der Waals surface area contributed by atoms with Crippen molar-refractivity contribution in [1.82, 2.24) is 4.90 Å². The van der Waals surface area contributed by atoms with Gasteiger partial charge in [0.05, 0.1) is 11.3 Å². The Hall–Kier alpha value is -1.36. The molecule has 0 unspecified atom stereocenters. The maximum Gasteiger partial charge on any atom is 0.289 e. The SMILES string of the molecule is CCCN(CCC(N)=S)C(=O)c1ccco1. The Balaban J connectivity index is 2.62. The van der Waals surface area contributed by atoms with Crippen molar-refractivity contribution in [2.24, 2.45) is 5.73 Å². The number of furan rings is 1. The summed E-state index contributed by atoms with van der Waals surface area (Å²) < 4.78 is 5.07. The summed E-state index contributed by atoms with van der Waals surface area (Å²) in [7, 11) is 0. The molecule has 1 aromatic heterocycles. The fraction of sp³-hybridized carbons (Fsp3) is 0.455. The number of amides is 1. The summed E-state index contributed by atoms with van der Waals surface area (Å²) in [5.41, 5.74) is 5.43. The van der Waals surface area contributed by atoms with E-state index in [1.165, 1.54) is 6.26 Å². The van der Waals surface area contributed by atoms with Crippen LogP contribution in [0.3, 0.4) is 0 Å².